The molecule has 2 nitrogen and oxygen atoms in total. The zero-order chi connectivity index (χ0) is 13.4. The summed E-state index contributed by atoms with van der Waals surface area (Å²) in [7, 11) is 1.74. The lowest BCUT2D eigenvalue weighted by Gasteiger charge is -2.07. The Balaban J connectivity index is 2.13. The molecule has 0 spiro atoms. The van der Waals surface area contributed by atoms with Crippen LogP contribution in [-0.4, -0.2) is 13.0 Å². The second-order valence-corrected chi connectivity index (χ2v) is 4.49. The molecule has 0 aliphatic carbocycles. The molecule has 3 heteroatoms. The van der Waals surface area contributed by atoms with Crippen molar-refractivity contribution in [2.24, 2.45) is 0 Å². The Morgan fingerprint density at radius 2 is 1.89 bits per heavy atom. The van der Waals surface area contributed by atoms with Crippen LogP contribution >= 0.6 is 0 Å². The second-order valence-electron chi connectivity index (χ2n) is 4.49. The van der Waals surface area contributed by atoms with Gasteiger partial charge in [0, 0.05) is 18.2 Å². The molecule has 0 saturated heterocycles. The van der Waals surface area contributed by atoms with Crippen LogP contribution in [0.3, 0.4) is 0 Å². The van der Waals surface area contributed by atoms with Crippen LogP contribution in [0.4, 0.5) is 10.1 Å². The van der Waals surface area contributed by atoms with E-state index in [1.807, 2.05) is 24.3 Å². The van der Waals surface area contributed by atoms with E-state index >= 15 is 0 Å². The first-order valence-electron chi connectivity index (χ1n) is 6.01. The number of hydrogen-bond donors (Lipinski definition) is 0. The van der Waals surface area contributed by atoms with Crippen LogP contribution in [0.25, 0.3) is 11.6 Å². The molecule has 0 bridgehead atoms. The Labute approximate surface area is 110 Å². The normalized spacial score (nSPS) is 16.0. The Kier molecular flexibility index (Phi) is 2.67. The number of para-hydroxylation sites is 1. The smallest absolute Gasteiger partial charge is 0.258 e. The quantitative estimate of drug-likeness (QED) is 0.714. The van der Waals surface area contributed by atoms with Crippen molar-refractivity contribution < 1.29 is 9.18 Å². The first kappa shape index (κ1) is 11.7. The van der Waals surface area contributed by atoms with Gasteiger partial charge in [-0.2, -0.15) is 0 Å². The molecule has 0 fully saturated rings. The predicted octanol–water partition coefficient (Wildman–Crippen LogP) is 3.34. The number of hydrogen-bond acceptors (Lipinski definition) is 1. The van der Waals surface area contributed by atoms with Crippen molar-refractivity contribution in [3.05, 3.63) is 65.5 Å². The van der Waals surface area contributed by atoms with Gasteiger partial charge in [-0.05, 0) is 29.8 Å². The predicted molar refractivity (Wildman–Crippen MR) is 74.1 cm³/mol. The van der Waals surface area contributed by atoms with E-state index in [1.165, 1.54) is 12.1 Å². The fourth-order valence-electron chi connectivity index (χ4n) is 2.30. The average Bonchev–Trinajstić information content (AvgIpc) is 2.65. The standard InChI is InChI=1S/C16H12FNO/c1-18-15-8-3-2-7-13(15)14(16(18)19)10-11-5-4-6-12(17)9-11/h2-10H,1H3/b14-10-. The van der Waals surface area contributed by atoms with Gasteiger partial charge in [0.1, 0.15) is 5.82 Å². The molecule has 0 saturated carbocycles. The monoisotopic (exact) mass is 253 g/mol. The van der Waals surface area contributed by atoms with E-state index in [0.717, 1.165) is 11.3 Å². The number of nitrogens with zero attached hydrogens (tertiary/aromatic N) is 1. The number of benzene rings is 2. The van der Waals surface area contributed by atoms with Crippen molar-refractivity contribution in [1.29, 1.82) is 0 Å². The molecule has 19 heavy (non-hydrogen) atoms. The molecular weight excluding hydrogens is 241 g/mol. The molecule has 1 heterocycles. The van der Waals surface area contributed by atoms with Gasteiger partial charge in [-0.25, -0.2) is 4.39 Å². The third-order valence-corrected chi connectivity index (χ3v) is 3.25. The molecule has 0 atom stereocenters. The first-order valence-corrected chi connectivity index (χ1v) is 6.01. The summed E-state index contributed by atoms with van der Waals surface area (Å²) in [5.74, 6) is -0.369. The van der Waals surface area contributed by atoms with Crippen molar-refractivity contribution in [1.82, 2.24) is 0 Å². The lowest BCUT2D eigenvalue weighted by Crippen LogP contribution is -2.20. The molecule has 1 aliphatic rings. The number of halogens is 1. The highest BCUT2D eigenvalue weighted by atomic mass is 19.1. The van der Waals surface area contributed by atoms with Gasteiger partial charge in [-0.3, -0.25) is 4.79 Å². The van der Waals surface area contributed by atoms with Crippen molar-refractivity contribution in [2.75, 3.05) is 11.9 Å². The Hall–Kier alpha value is -2.42. The highest BCUT2D eigenvalue weighted by Gasteiger charge is 2.28. The van der Waals surface area contributed by atoms with Gasteiger partial charge in [0.2, 0.25) is 0 Å². The maximum absolute atomic E-state index is 13.2. The third-order valence-electron chi connectivity index (χ3n) is 3.25. The second kappa shape index (κ2) is 4.35. The molecular formula is C16H12FNO. The van der Waals surface area contributed by atoms with Crippen LogP contribution in [0, 0.1) is 5.82 Å². The van der Waals surface area contributed by atoms with Crippen LogP contribution in [0.2, 0.25) is 0 Å². The number of amides is 1. The molecule has 3 rings (SSSR count). The van der Waals surface area contributed by atoms with E-state index in [2.05, 4.69) is 0 Å². The minimum absolute atomic E-state index is 0.0644. The molecule has 2 aromatic carbocycles. The van der Waals surface area contributed by atoms with Crippen LogP contribution in [0.5, 0.6) is 0 Å². The van der Waals surface area contributed by atoms with Crippen molar-refractivity contribution in [3.63, 3.8) is 0 Å². The Bertz CT molecular complexity index is 691. The molecule has 1 aliphatic heterocycles. The number of anilines is 1. The van der Waals surface area contributed by atoms with E-state index in [9.17, 15) is 9.18 Å². The van der Waals surface area contributed by atoms with Gasteiger partial charge < -0.3 is 4.90 Å². The lowest BCUT2D eigenvalue weighted by atomic mass is 10.0. The number of carbonyl (C=O) groups excluding carboxylic acids is 1. The summed E-state index contributed by atoms with van der Waals surface area (Å²) in [6.07, 6.45) is 1.73. The van der Waals surface area contributed by atoms with Gasteiger partial charge in [0.15, 0.2) is 0 Å². The van der Waals surface area contributed by atoms with E-state index in [4.69, 9.17) is 0 Å². The Morgan fingerprint density at radius 3 is 2.68 bits per heavy atom. The fraction of sp³-hybridized carbons (Fsp3) is 0.0625. The summed E-state index contributed by atoms with van der Waals surface area (Å²) in [5, 5.41) is 0. The highest BCUT2D eigenvalue weighted by molar-refractivity contribution is 6.35. The maximum Gasteiger partial charge on any atom is 0.258 e. The summed E-state index contributed by atoms with van der Waals surface area (Å²) in [6.45, 7) is 0. The van der Waals surface area contributed by atoms with Crippen molar-refractivity contribution in [2.45, 2.75) is 0 Å². The minimum atomic E-state index is -0.304. The molecule has 2 aromatic rings. The van der Waals surface area contributed by atoms with E-state index in [1.54, 1.807) is 30.2 Å². The minimum Gasteiger partial charge on any atom is -0.311 e. The number of fused-ring (bicyclic) bond motifs is 1. The third kappa shape index (κ3) is 1.93. The van der Waals surface area contributed by atoms with Crippen molar-refractivity contribution in [3.8, 4) is 0 Å². The maximum atomic E-state index is 13.2. The number of rotatable bonds is 1. The van der Waals surface area contributed by atoms with Gasteiger partial charge in [0.05, 0.1) is 5.69 Å². The fourth-order valence-corrected chi connectivity index (χ4v) is 2.30. The SMILES string of the molecule is CN1C(=O)/C(=C\c2cccc(F)c2)c2ccccc21. The summed E-state index contributed by atoms with van der Waals surface area (Å²) in [6, 6.07) is 13.8. The van der Waals surface area contributed by atoms with Crippen LogP contribution in [0.1, 0.15) is 11.1 Å². The first-order chi connectivity index (χ1) is 9.16. The largest absolute Gasteiger partial charge is 0.311 e. The van der Waals surface area contributed by atoms with Gasteiger partial charge in [-0.15, -0.1) is 0 Å². The Morgan fingerprint density at radius 1 is 1.11 bits per heavy atom. The lowest BCUT2D eigenvalue weighted by molar-refractivity contribution is -0.112. The molecule has 94 valence electrons. The number of carbonyl (C=O) groups is 1. The van der Waals surface area contributed by atoms with Gasteiger partial charge in [0.25, 0.3) is 5.91 Å². The highest BCUT2D eigenvalue weighted by Crippen LogP contribution is 2.36. The van der Waals surface area contributed by atoms with E-state index in [-0.39, 0.29) is 11.7 Å². The zero-order valence-electron chi connectivity index (χ0n) is 10.4. The van der Waals surface area contributed by atoms with Crippen molar-refractivity contribution >= 4 is 23.2 Å². The molecule has 0 unspecified atom stereocenters. The zero-order valence-corrected chi connectivity index (χ0v) is 10.4. The topological polar surface area (TPSA) is 20.3 Å². The van der Waals surface area contributed by atoms with E-state index in [0.29, 0.717) is 11.1 Å². The van der Waals surface area contributed by atoms with Crippen LogP contribution in [-0.2, 0) is 4.79 Å². The average molecular weight is 253 g/mol. The van der Waals surface area contributed by atoms with Crippen LogP contribution < -0.4 is 4.90 Å². The number of likely N-dealkylation sites (N-methyl/N-ethyl adjacent to an activating group) is 1. The summed E-state index contributed by atoms with van der Waals surface area (Å²) >= 11 is 0. The molecule has 1 amide bonds. The summed E-state index contributed by atoms with van der Waals surface area (Å²) < 4.78 is 13.2. The summed E-state index contributed by atoms with van der Waals surface area (Å²) in [5.41, 5.74) is 3.06. The molecule has 0 N–H and O–H groups in total. The van der Waals surface area contributed by atoms with Gasteiger partial charge in [-0.1, -0.05) is 30.3 Å². The summed E-state index contributed by atoms with van der Waals surface area (Å²) in [4.78, 5) is 13.8. The van der Waals surface area contributed by atoms with E-state index < -0.39 is 0 Å². The van der Waals surface area contributed by atoms with Crippen LogP contribution in [0.15, 0.2) is 48.5 Å². The molecule has 0 aromatic heterocycles. The molecule has 0 radical (unpaired) electrons. The van der Waals surface area contributed by atoms with Gasteiger partial charge >= 0.3 is 0 Å².